The van der Waals surface area contributed by atoms with Crippen LogP contribution in [0.2, 0.25) is 0 Å². The first-order valence-corrected chi connectivity index (χ1v) is 8.50. The van der Waals surface area contributed by atoms with Gasteiger partial charge in [0.1, 0.15) is 0 Å². The molecule has 6 heteroatoms. The largest absolute Gasteiger partial charge is 0.291 e. The van der Waals surface area contributed by atoms with Crippen molar-refractivity contribution in [3.05, 3.63) is 0 Å². The Hall–Kier alpha value is -0.620. The van der Waals surface area contributed by atoms with Gasteiger partial charge in [-0.15, -0.1) is 0 Å². The SMILES string of the molecule is CC1(NNC(=O)C2CCCCC2)CCS(=O)(=O)C1. The number of amides is 1. The van der Waals surface area contributed by atoms with Crippen LogP contribution in [-0.2, 0) is 14.6 Å². The Balaban J connectivity index is 1.82. The highest BCUT2D eigenvalue weighted by Crippen LogP contribution is 2.24. The monoisotopic (exact) mass is 274 g/mol. The first-order chi connectivity index (χ1) is 8.40. The Morgan fingerprint density at radius 3 is 2.44 bits per heavy atom. The lowest BCUT2D eigenvalue weighted by Gasteiger charge is -2.27. The first kappa shape index (κ1) is 13.8. The Morgan fingerprint density at radius 1 is 1.22 bits per heavy atom. The summed E-state index contributed by atoms with van der Waals surface area (Å²) in [6.45, 7) is 1.85. The molecular weight excluding hydrogens is 252 g/mol. The standard InChI is InChI=1S/C12H22N2O3S/c1-12(7-8-18(16,17)9-12)14-13-11(15)10-5-3-2-4-6-10/h10,14H,2-9H2,1H3,(H,13,15). The maximum absolute atomic E-state index is 11.9. The average molecular weight is 274 g/mol. The van der Waals surface area contributed by atoms with Crippen LogP contribution in [0.15, 0.2) is 0 Å². The van der Waals surface area contributed by atoms with Crippen molar-refractivity contribution in [2.75, 3.05) is 11.5 Å². The predicted octanol–water partition coefficient (Wildman–Crippen LogP) is 0.765. The van der Waals surface area contributed by atoms with Crippen molar-refractivity contribution < 1.29 is 13.2 Å². The molecule has 1 aliphatic heterocycles. The van der Waals surface area contributed by atoms with Crippen molar-refractivity contribution in [3.63, 3.8) is 0 Å². The molecule has 0 aromatic carbocycles. The molecule has 18 heavy (non-hydrogen) atoms. The minimum absolute atomic E-state index is 0.0141. The van der Waals surface area contributed by atoms with Crippen LogP contribution in [0.4, 0.5) is 0 Å². The lowest BCUT2D eigenvalue weighted by atomic mass is 9.89. The number of hydrogen-bond acceptors (Lipinski definition) is 4. The summed E-state index contributed by atoms with van der Waals surface area (Å²) in [5.41, 5.74) is 5.14. The van der Waals surface area contributed by atoms with Crippen LogP contribution in [0.5, 0.6) is 0 Å². The number of rotatable bonds is 3. The van der Waals surface area contributed by atoms with E-state index in [1.165, 1.54) is 6.42 Å². The number of hydrazine groups is 1. The summed E-state index contributed by atoms with van der Waals surface area (Å²) in [6.07, 6.45) is 5.89. The molecule has 0 aromatic heterocycles. The third-order valence-electron chi connectivity index (χ3n) is 3.97. The predicted molar refractivity (Wildman–Crippen MR) is 69.5 cm³/mol. The van der Waals surface area contributed by atoms with Gasteiger partial charge in [-0.2, -0.15) is 0 Å². The number of nitrogens with one attached hydrogen (secondary N) is 2. The summed E-state index contributed by atoms with van der Waals surface area (Å²) in [4.78, 5) is 11.9. The topological polar surface area (TPSA) is 75.3 Å². The van der Waals surface area contributed by atoms with Crippen molar-refractivity contribution in [2.45, 2.75) is 51.0 Å². The van der Waals surface area contributed by atoms with Gasteiger partial charge in [-0.25, -0.2) is 13.8 Å². The number of carbonyl (C=O) groups is 1. The molecule has 1 unspecified atom stereocenters. The fraction of sp³-hybridized carbons (Fsp3) is 0.917. The van der Waals surface area contributed by atoms with Crippen molar-refractivity contribution in [2.24, 2.45) is 5.92 Å². The second kappa shape index (κ2) is 5.17. The molecule has 2 rings (SSSR count). The first-order valence-electron chi connectivity index (χ1n) is 6.68. The number of hydrogen-bond donors (Lipinski definition) is 2. The normalized spacial score (nSPS) is 32.3. The van der Waals surface area contributed by atoms with E-state index in [1.807, 2.05) is 6.92 Å². The molecule has 2 fully saturated rings. The van der Waals surface area contributed by atoms with Gasteiger partial charge in [0.2, 0.25) is 5.91 Å². The van der Waals surface area contributed by atoms with E-state index in [-0.39, 0.29) is 23.3 Å². The fourth-order valence-corrected chi connectivity index (χ4v) is 4.88. The average Bonchev–Trinajstić information content (AvgIpc) is 2.62. The van der Waals surface area contributed by atoms with Crippen LogP contribution in [-0.4, -0.2) is 31.4 Å². The Labute approximate surface area is 109 Å². The van der Waals surface area contributed by atoms with Crippen molar-refractivity contribution in [3.8, 4) is 0 Å². The smallest absolute Gasteiger partial charge is 0.237 e. The molecule has 0 spiro atoms. The Kier molecular flexibility index (Phi) is 3.96. The van der Waals surface area contributed by atoms with E-state index in [9.17, 15) is 13.2 Å². The molecule has 1 saturated heterocycles. The van der Waals surface area contributed by atoms with Gasteiger partial charge in [-0.05, 0) is 26.2 Å². The zero-order chi connectivity index (χ0) is 13.2. The van der Waals surface area contributed by atoms with Gasteiger partial charge in [0.15, 0.2) is 9.84 Å². The molecule has 1 aliphatic carbocycles. The molecule has 1 amide bonds. The molecule has 0 aromatic rings. The highest BCUT2D eigenvalue weighted by Gasteiger charge is 2.38. The van der Waals surface area contributed by atoms with Crippen LogP contribution < -0.4 is 10.9 Å². The second-order valence-corrected chi connectivity index (χ2v) is 8.04. The summed E-state index contributed by atoms with van der Waals surface area (Å²) >= 11 is 0. The summed E-state index contributed by atoms with van der Waals surface area (Å²) < 4.78 is 22.9. The van der Waals surface area contributed by atoms with Crippen LogP contribution in [0.25, 0.3) is 0 Å². The Bertz CT molecular complexity index is 415. The van der Waals surface area contributed by atoms with Crippen LogP contribution in [0.1, 0.15) is 45.4 Å². The highest BCUT2D eigenvalue weighted by molar-refractivity contribution is 7.91. The van der Waals surface area contributed by atoms with E-state index in [2.05, 4.69) is 10.9 Å². The minimum Gasteiger partial charge on any atom is -0.291 e. The van der Waals surface area contributed by atoms with Crippen LogP contribution in [0, 0.1) is 5.92 Å². The van der Waals surface area contributed by atoms with E-state index in [0.29, 0.717) is 6.42 Å². The maximum atomic E-state index is 11.9. The van der Waals surface area contributed by atoms with Gasteiger partial charge in [0, 0.05) is 11.5 Å². The zero-order valence-electron chi connectivity index (χ0n) is 10.9. The lowest BCUT2D eigenvalue weighted by molar-refractivity contribution is -0.127. The fourth-order valence-electron chi connectivity index (χ4n) is 2.79. The molecule has 2 aliphatic rings. The Morgan fingerprint density at radius 2 is 1.89 bits per heavy atom. The molecule has 1 heterocycles. The summed E-state index contributed by atoms with van der Waals surface area (Å²) in [5.74, 6) is 0.411. The third-order valence-corrected chi connectivity index (χ3v) is 5.87. The van der Waals surface area contributed by atoms with Gasteiger partial charge in [0.05, 0.1) is 11.5 Å². The summed E-state index contributed by atoms with van der Waals surface area (Å²) in [6, 6.07) is 0. The third kappa shape index (κ3) is 3.45. The molecule has 1 atom stereocenters. The van der Waals surface area contributed by atoms with E-state index in [1.54, 1.807) is 0 Å². The van der Waals surface area contributed by atoms with Gasteiger partial charge >= 0.3 is 0 Å². The van der Waals surface area contributed by atoms with Crippen molar-refractivity contribution in [1.29, 1.82) is 0 Å². The molecule has 0 radical (unpaired) electrons. The molecule has 5 nitrogen and oxygen atoms in total. The van der Waals surface area contributed by atoms with Crippen LogP contribution in [0.3, 0.4) is 0 Å². The van der Waals surface area contributed by atoms with Crippen molar-refractivity contribution in [1.82, 2.24) is 10.9 Å². The quantitative estimate of drug-likeness (QED) is 0.745. The molecule has 104 valence electrons. The summed E-state index contributed by atoms with van der Waals surface area (Å²) in [5, 5.41) is 0. The van der Waals surface area contributed by atoms with Crippen LogP contribution >= 0.6 is 0 Å². The summed E-state index contributed by atoms with van der Waals surface area (Å²) in [7, 11) is -2.94. The van der Waals surface area contributed by atoms with Crippen molar-refractivity contribution >= 4 is 15.7 Å². The number of carbonyl (C=O) groups excluding carboxylic acids is 1. The van der Waals surface area contributed by atoms with Gasteiger partial charge in [-0.1, -0.05) is 19.3 Å². The lowest BCUT2D eigenvalue weighted by Crippen LogP contribution is -2.54. The molecule has 0 bridgehead atoms. The van der Waals surface area contributed by atoms with E-state index >= 15 is 0 Å². The zero-order valence-corrected chi connectivity index (χ0v) is 11.7. The van der Waals surface area contributed by atoms with E-state index in [4.69, 9.17) is 0 Å². The molecule has 1 saturated carbocycles. The maximum Gasteiger partial charge on any atom is 0.237 e. The molecule has 2 N–H and O–H groups in total. The van der Waals surface area contributed by atoms with E-state index < -0.39 is 15.4 Å². The van der Waals surface area contributed by atoms with Gasteiger partial charge in [0.25, 0.3) is 0 Å². The highest BCUT2D eigenvalue weighted by atomic mass is 32.2. The minimum atomic E-state index is -2.94. The van der Waals surface area contributed by atoms with Gasteiger partial charge < -0.3 is 0 Å². The number of sulfone groups is 1. The van der Waals surface area contributed by atoms with E-state index in [0.717, 1.165) is 25.7 Å². The van der Waals surface area contributed by atoms with Gasteiger partial charge in [-0.3, -0.25) is 10.2 Å². The second-order valence-electron chi connectivity index (χ2n) is 5.85. The molecular formula is C12H22N2O3S.